The van der Waals surface area contributed by atoms with Crippen LogP contribution in [0.15, 0.2) is 39.7 Å². The molecular formula is C20H22FN5O2S. The number of amides is 1. The Morgan fingerprint density at radius 1 is 1.45 bits per heavy atom. The van der Waals surface area contributed by atoms with Crippen LogP contribution >= 0.6 is 0 Å². The zero-order valence-corrected chi connectivity index (χ0v) is 17.4. The average molecular weight is 415 g/mol. The van der Waals surface area contributed by atoms with Gasteiger partial charge in [-0.1, -0.05) is 26.0 Å². The molecule has 3 rings (SSSR count). The summed E-state index contributed by atoms with van der Waals surface area (Å²) in [5, 5.41) is 11.7. The van der Waals surface area contributed by atoms with Crippen molar-refractivity contribution in [1.29, 1.82) is 5.26 Å². The summed E-state index contributed by atoms with van der Waals surface area (Å²) in [5.41, 5.74) is 0.935. The molecule has 0 spiro atoms. The lowest BCUT2D eigenvalue weighted by Crippen LogP contribution is -2.36. The topological polar surface area (TPSA) is 99.3 Å². The molecule has 0 radical (unpaired) electrons. The van der Waals surface area contributed by atoms with Gasteiger partial charge in [0.15, 0.2) is 0 Å². The molecule has 2 heterocycles. The minimum atomic E-state index is -2.92. The number of nitrogens with zero attached hydrogens (tertiary/aromatic N) is 3. The number of aryl methyl sites for hydroxylation is 1. The summed E-state index contributed by atoms with van der Waals surface area (Å²) in [6.45, 7) is 4.00. The molecule has 2 N–H and O–H groups in total. The molecule has 0 aliphatic carbocycles. The van der Waals surface area contributed by atoms with Gasteiger partial charge in [-0.25, -0.2) is 17.7 Å². The van der Waals surface area contributed by atoms with E-state index in [0.29, 0.717) is 21.8 Å². The summed E-state index contributed by atoms with van der Waals surface area (Å²) in [7, 11) is 0.238. The van der Waals surface area contributed by atoms with E-state index in [9.17, 15) is 13.4 Å². The molecule has 2 aromatic rings. The smallest absolute Gasteiger partial charge is 0.272 e. The molecule has 0 bridgehead atoms. The number of anilines is 1. The van der Waals surface area contributed by atoms with Gasteiger partial charge in [-0.05, 0) is 24.1 Å². The number of nitrogens with one attached hydrogen (secondary N) is 2. The van der Waals surface area contributed by atoms with Crippen LogP contribution in [0.25, 0.3) is 6.08 Å². The van der Waals surface area contributed by atoms with Crippen LogP contribution in [0.3, 0.4) is 0 Å². The predicted octanol–water partition coefficient (Wildman–Crippen LogP) is 3.30. The summed E-state index contributed by atoms with van der Waals surface area (Å²) in [6.07, 6.45) is 5.29. The molecule has 1 aromatic heterocycles. The molecule has 152 valence electrons. The molecule has 1 amide bonds. The zero-order chi connectivity index (χ0) is 21.3. The number of carbonyl (C=O) groups excluding carboxylic acids is 1. The third-order valence-corrected chi connectivity index (χ3v) is 6.81. The fourth-order valence-corrected chi connectivity index (χ4v) is 5.07. The first-order valence-corrected chi connectivity index (χ1v) is 10.5. The molecule has 29 heavy (non-hydrogen) atoms. The number of hydrogen-bond donors (Lipinski definition) is 2. The quantitative estimate of drug-likeness (QED) is 0.804. The fraction of sp³-hybridized carbons (Fsp3) is 0.300. The summed E-state index contributed by atoms with van der Waals surface area (Å²) in [4.78, 5) is 13.4. The van der Waals surface area contributed by atoms with Crippen LogP contribution < -0.4 is 10.0 Å². The van der Waals surface area contributed by atoms with Crippen molar-refractivity contribution in [2.75, 3.05) is 12.4 Å². The lowest BCUT2D eigenvalue weighted by molar-refractivity contribution is 0.101. The van der Waals surface area contributed by atoms with Crippen molar-refractivity contribution in [2.24, 2.45) is 17.3 Å². The first-order valence-electron chi connectivity index (χ1n) is 9.01. The Labute approximate surface area is 169 Å². The highest BCUT2D eigenvalue weighted by Crippen LogP contribution is 2.29. The van der Waals surface area contributed by atoms with Crippen molar-refractivity contribution < 1.29 is 13.4 Å². The second kappa shape index (κ2) is 7.81. The van der Waals surface area contributed by atoms with Crippen molar-refractivity contribution in [3.8, 4) is 6.07 Å². The molecular weight excluding hydrogens is 393 g/mol. The number of nitriles is 1. The Bertz CT molecular complexity index is 1170. The molecule has 0 saturated carbocycles. The Morgan fingerprint density at radius 3 is 2.79 bits per heavy atom. The van der Waals surface area contributed by atoms with Gasteiger partial charge in [-0.3, -0.25) is 4.79 Å². The van der Waals surface area contributed by atoms with Crippen LogP contribution in [0.1, 0.15) is 35.5 Å². The average Bonchev–Trinajstić information content (AvgIpc) is 2.95. The third kappa shape index (κ3) is 3.81. The van der Waals surface area contributed by atoms with Crippen molar-refractivity contribution in [3.05, 3.63) is 53.1 Å². The number of carbonyl (C=O) groups is 1. The van der Waals surface area contributed by atoms with Gasteiger partial charge in [0.1, 0.15) is 27.5 Å². The summed E-state index contributed by atoms with van der Waals surface area (Å²) >= 11 is 0. The van der Waals surface area contributed by atoms with Gasteiger partial charge in [0.05, 0.1) is 10.5 Å². The maximum atomic E-state index is 13.5. The van der Waals surface area contributed by atoms with Crippen LogP contribution in [0.5, 0.6) is 0 Å². The second-order valence-electron chi connectivity index (χ2n) is 7.08. The van der Waals surface area contributed by atoms with Crippen molar-refractivity contribution in [1.82, 2.24) is 9.29 Å². The van der Waals surface area contributed by atoms with Crippen molar-refractivity contribution in [3.63, 3.8) is 0 Å². The van der Waals surface area contributed by atoms with E-state index in [-0.39, 0.29) is 17.5 Å². The lowest BCUT2D eigenvalue weighted by atomic mass is 10.0. The van der Waals surface area contributed by atoms with E-state index in [4.69, 9.17) is 5.26 Å². The summed E-state index contributed by atoms with van der Waals surface area (Å²) in [5.74, 6) is -0.946. The van der Waals surface area contributed by atoms with Crippen molar-refractivity contribution >= 4 is 27.6 Å². The number of aromatic nitrogens is 1. The van der Waals surface area contributed by atoms with Gasteiger partial charge in [0.2, 0.25) is 0 Å². The largest absolute Gasteiger partial charge is 0.345 e. The van der Waals surface area contributed by atoms with E-state index in [0.717, 1.165) is 6.07 Å². The normalized spacial score (nSPS) is 20.7. The van der Waals surface area contributed by atoms with E-state index in [1.54, 1.807) is 30.0 Å². The van der Waals surface area contributed by atoms with Crippen LogP contribution in [-0.4, -0.2) is 27.8 Å². The number of rotatable bonds is 3. The lowest BCUT2D eigenvalue weighted by Gasteiger charge is -2.19. The third-order valence-electron chi connectivity index (χ3n) is 4.78. The maximum Gasteiger partial charge on any atom is 0.272 e. The van der Waals surface area contributed by atoms with Crippen LogP contribution in [0.2, 0.25) is 0 Å². The van der Waals surface area contributed by atoms with Gasteiger partial charge < -0.3 is 9.88 Å². The summed E-state index contributed by atoms with van der Waals surface area (Å²) in [6, 6.07) is 5.35. The van der Waals surface area contributed by atoms with E-state index in [2.05, 4.69) is 14.4 Å². The molecule has 1 aliphatic heterocycles. The first kappa shape index (κ1) is 20.8. The predicted molar refractivity (Wildman–Crippen MR) is 110 cm³/mol. The Morgan fingerprint density at radius 2 is 2.17 bits per heavy atom. The van der Waals surface area contributed by atoms with Gasteiger partial charge in [0.25, 0.3) is 5.91 Å². The Hall–Kier alpha value is -2.96. The number of fused-ring (bicyclic) bond motifs is 1. The highest BCUT2D eigenvalue weighted by Gasteiger charge is 2.29. The molecule has 2 atom stereocenters. The molecule has 1 unspecified atom stereocenters. The number of hydrogen-bond acceptors (Lipinski definition) is 4. The highest BCUT2D eigenvalue weighted by atomic mass is 32.2. The van der Waals surface area contributed by atoms with Gasteiger partial charge in [0, 0.05) is 37.6 Å². The fourth-order valence-electron chi connectivity index (χ4n) is 3.16. The minimum absolute atomic E-state index is 0.162. The highest BCUT2D eigenvalue weighted by molar-refractivity contribution is 7.91. The van der Waals surface area contributed by atoms with E-state index in [1.807, 2.05) is 19.9 Å². The summed E-state index contributed by atoms with van der Waals surface area (Å²) < 4.78 is 35.8. The zero-order valence-electron chi connectivity index (χ0n) is 16.6. The standard InChI is InChI=1S/C20H22FN5O2S/c1-12(2)17-8-6-15-18(29(28,23-3)25-17)11-26(4)19(15)20(27)24-14-5-7-16(21)13(9-14)10-22/h5-9,11-12,17H,1-4H3,(H,24,27)(H,23,25,28)/t17-,29?/m1/s1. The van der Waals surface area contributed by atoms with E-state index in [1.165, 1.54) is 19.2 Å². The molecule has 9 heteroatoms. The molecule has 1 aromatic carbocycles. The SMILES string of the molecule is CN=S1(=O)N[C@@H](C(C)C)C=Cc2c1cn(C)c2C(=O)Nc1ccc(F)c(C#N)c1. The van der Waals surface area contributed by atoms with Crippen LogP contribution in [-0.2, 0) is 17.0 Å². The monoisotopic (exact) mass is 415 g/mol. The van der Waals surface area contributed by atoms with E-state index >= 15 is 0 Å². The van der Waals surface area contributed by atoms with Gasteiger partial charge in [-0.15, -0.1) is 0 Å². The Balaban J connectivity index is 2.07. The van der Waals surface area contributed by atoms with Crippen molar-refractivity contribution in [2.45, 2.75) is 24.8 Å². The Kier molecular flexibility index (Phi) is 5.59. The van der Waals surface area contributed by atoms with Crippen LogP contribution in [0, 0.1) is 23.1 Å². The second-order valence-corrected chi connectivity index (χ2v) is 9.17. The first-order chi connectivity index (χ1) is 13.7. The van der Waals surface area contributed by atoms with E-state index < -0.39 is 21.6 Å². The molecule has 0 saturated heterocycles. The minimum Gasteiger partial charge on any atom is -0.345 e. The van der Waals surface area contributed by atoms with Gasteiger partial charge in [-0.2, -0.15) is 5.26 Å². The molecule has 0 fully saturated rings. The number of benzene rings is 1. The number of halogens is 1. The molecule has 1 aliphatic rings. The maximum absolute atomic E-state index is 13.5. The van der Waals surface area contributed by atoms with Crippen LogP contribution in [0.4, 0.5) is 10.1 Å². The van der Waals surface area contributed by atoms with Gasteiger partial charge >= 0.3 is 0 Å². The molecule has 7 nitrogen and oxygen atoms in total.